The topological polar surface area (TPSA) is 49.9 Å². The van der Waals surface area contributed by atoms with E-state index in [4.69, 9.17) is 4.74 Å². The Balaban J connectivity index is 2.69. The minimum absolute atomic E-state index is 0.0381. The minimum Gasteiger partial charge on any atom is -0.444 e. The average molecular weight is 351 g/mol. The Hall–Kier alpha value is -1.78. The van der Waals surface area contributed by atoms with E-state index >= 15 is 0 Å². The van der Waals surface area contributed by atoms with Gasteiger partial charge < -0.3 is 14.5 Å². The van der Waals surface area contributed by atoms with Gasteiger partial charge in [0.25, 0.3) is 0 Å². The smallest absolute Gasteiger partial charge is 0.410 e. The van der Waals surface area contributed by atoms with Crippen LogP contribution in [-0.4, -0.2) is 53.1 Å². The van der Waals surface area contributed by atoms with Crippen molar-refractivity contribution in [2.45, 2.75) is 66.0 Å². The van der Waals surface area contributed by atoms with Crippen LogP contribution in [0.5, 0.6) is 0 Å². The maximum Gasteiger partial charge on any atom is 0.410 e. The lowest BCUT2D eigenvalue weighted by atomic mass is 9.97. The van der Waals surface area contributed by atoms with Crippen LogP contribution in [0.3, 0.4) is 0 Å². The molecule has 25 heavy (non-hydrogen) atoms. The predicted molar refractivity (Wildman–Crippen MR) is 101 cm³/mol. The summed E-state index contributed by atoms with van der Waals surface area (Å²) < 4.78 is 5.53. The van der Waals surface area contributed by atoms with Gasteiger partial charge >= 0.3 is 6.09 Å². The maximum absolute atomic E-state index is 12.5. The zero-order chi connectivity index (χ0) is 19.0. The molecule has 5 heteroatoms. The maximum atomic E-state index is 12.5. The highest BCUT2D eigenvalue weighted by Gasteiger charge is 2.29. The Morgan fingerprint density at radius 3 is 2.52 bits per heavy atom. The van der Waals surface area contributed by atoms with Crippen molar-refractivity contribution in [3.8, 4) is 0 Å². The van der Waals surface area contributed by atoms with Crippen molar-refractivity contribution < 1.29 is 14.3 Å². The number of hydrogen-bond acceptors (Lipinski definition) is 3. The van der Waals surface area contributed by atoms with Crippen molar-refractivity contribution in [3.05, 3.63) is 24.3 Å². The number of allylic oxidation sites excluding steroid dienone is 3. The Bertz CT molecular complexity index is 504. The lowest BCUT2D eigenvalue weighted by Crippen LogP contribution is -2.47. The molecule has 1 aliphatic rings. The molecule has 1 saturated heterocycles. The van der Waals surface area contributed by atoms with E-state index in [-0.39, 0.29) is 24.0 Å². The fourth-order valence-electron chi connectivity index (χ4n) is 2.86. The number of piperidine rings is 1. The van der Waals surface area contributed by atoms with E-state index in [0.29, 0.717) is 13.1 Å². The third-order valence-electron chi connectivity index (χ3n) is 4.08. The van der Waals surface area contributed by atoms with Gasteiger partial charge in [-0.15, -0.1) is 0 Å². The zero-order valence-corrected chi connectivity index (χ0v) is 16.6. The number of carbonyl (C=O) groups excluding carboxylic acids is 2. The first-order chi connectivity index (χ1) is 11.6. The summed E-state index contributed by atoms with van der Waals surface area (Å²) in [7, 11) is 0. The highest BCUT2D eigenvalue weighted by molar-refractivity contribution is 5.87. The lowest BCUT2D eigenvalue weighted by molar-refractivity contribution is -0.127. The number of likely N-dealkylation sites (tertiary alicyclic amines) is 1. The summed E-state index contributed by atoms with van der Waals surface area (Å²) in [6, 6.07) is 0.0653. The Kier molecular flexibility index (Phi) is 8.20. The minimum atomic E-state index is -0.504. The SMILES string of the molecule is C/C=C/C=C/C(=O)N1CCCC(CN(C(=O)OC(C)(C)C)C(C)C)C1. The molecule has 1 fully saturated rings. The Labute approximate surface area is 152 Å². The second-order valence-corrected chi connectivity index (χ2v) is 7.90. The van der Waals surface area contributed by atoms with Gasteiger partial charge in [0.05, 0.1) is 0 Å². The molecule has 142 valence electrons. The van der Waals surface area contributed by atoms with Crippen LogP contribution in [0, 0.1) is 5.92 Å². The van der Waals surface area contributed by atoms with E-state index < -0.39 is 5.60 Å². The average Bonchev–Trinajstić information content (AvgIpc) is 2.51. The van der Waals surface area contributed by atoms with E-state index in [1.807, 2.05) is 58.6 Å². The normalized spacial score (nSPS) is 19.0. The van der Waals surface area contributed by atoms with Gasteiger partial charge in [-0.25, -0.2) is 4.79 Å². The van der Waals surface area contributed by atoms with Gasteiger partial charge in [0, 0.05) is 31.8 Å². The molecule has 0 radical (unpaired) electrons. The second kappa shape index (κ2) is 9.64. The van der Waals surface area contributed by atoms with E-state index in [2.05, 4.69) is 0 Å². The van der Waals surface area contributed by atoms with Crippen molar-refractivity contribution in [1.82, 2.24) is 9.80 Å². The van der Waals surface area contributed by atoms with Crippen LogP contribution in [0.1, 0.15) is 54.4 Å². The molecule has 0 aromatic carbocycles. The van der Waals surface area contributed by atoms with E-state index in [1.165, 1.54) is 0 Å². The van der Waals surface area contributed by atoms with E-state index in [9.17, 15) is 9.59 Å². The molecule has 2 amide bonds. The first-order valence-corrected chi connectivity index (χ1v) is 9.22. The molecule has 0 spiro atoms. The molecule has 1 heterocycles. The summed E-state index contributed by atoms with van der Waals surface area (Å²) in [5.74, 6) is 0.318. The molecule has 0 aliphatic carbocycles. The van der Waals surface area contributed by atoms with Gasteiger partial charge in [0.15, 0.2) is 0 Å². The van der Waals surface area contributed by atoms with Crippen LogP contribution in [0.4, 0.5) is 4.79 Å². The lowest BCUT2D eigenvalue weighted by Gasteiger charge is -2.37. The highest BCUT2D eigenvalue weighted by atomic mass is 16.6. The highest BCUT2D eigenvalue weighted by Crippen LogP contribution is 2.21. The number of carbonyl (C=O) groups is 2. The molecule has 1 unspecified atom stereocenters. The summed E-state index contributed by atoms with van der Waals surface area (Å²) in [6.45, 7) is 13.6. The molecule has 1 atom stereocenters. The molecule has 5 nitrogen and oxygen atoms in total. The second-order valence-electron chi connectivity index (χ2n) is 7.90. The number of nitrogens with zero attached hydrogens (tertiary/aromatic N) is 2. The van der Waals surface area contributed by atoms with Crippen LogP contribution < -0.4 is 0 Å². The van der Waals surface area contributed by atoms with Crippen LogP contribution in [0.25, 0.3) is 0 Å². The van der Waals surface area contributed by atoms with Crippen LogP contribution in [0.15, 0.2) is 24.3 Å². The fraction of sp³-hybridized carbons (Fsp3) is 0.700. The molecule has 1 aliphatic heterocycles. The summed E-state index contributed by atoms with van der Waals surface area (Å²) in [6.07, 6.45) is 8.83. The summed E-state index contributed by atoms with van der Waals surface area (Å²) in [4.78, 5) is 28.4. The molecular weight excluding hydrogens is 316 g/mol. The quantitative estimate of drug-likeness (QED) is 0.556. The van der Waals surface area contributed by atoms with Gasteiger partial charge in [-0.05, 0) is 60.3 Å². The van der Waals surface area contributed by atoms with E-state index in [0.717, 1.165) is 19.4 Å². The van der Waals surface area contributed by atoms with Gasteiger partial charge in [-0.2, -0.15) is 0 Å². The number of ether oxygens (including phenoxy) is 1. The molecule has 0 bridgehead atoms. The standard InChI is InChI=1S/C20H34N2O3/c1-7-8-9-12-18(23)21-13-10-11-17(14-21)15-22(16(2)3)19(24)25-20(4,5)6/h7-9,12,16-17H,10-11,13-15H2,1-6H3/b8-7+,12-9+. The number of rotatable bonds is 5. The summed E-state index contributed by atoms with van der Waals surface area (Å²) >= 11 is 0. The van der Waals surface area contributed by atoms with Crippen molar-refractivity contribution in [1.29, 1.82) is 0 Å². The van der Waals surface area contributed by atoms with E-state index in [1.54, 1.807) is 17.1 Å². The van der Waals surface area contributed by atoms with Gasteiger partial charge in [0.1, 0.15) is 5.60 Å². The predicted octanol–water partition coefficient (Wildman–Crippen LogP) is 4.00. The number of amides is 2. The monoisotopic (exact) mass is 350 g/mol. The summed E-state index contributed by atoms with van der Waals surface area (Å²) in [5, 5.41) is 0. The summed E-state index contributed by atoms with van der Waals surface area (Å²) in [5.41, 5.74) is -0.504. The fourth-order valence-corrected chi connectivity index (χ4v) is 2.86. The Morgan fingerprint density at radius 1 is 1.28 bits per heavy atom. The third kappa shape index (κ3) is 7.76. The zero-order valence-electron chi connectivity index (χ0n) is 16.6. The van der Waals surface area contributed by atoms with Crippen molar-refractivity contribution in [3.63, 3.8) is 0 Å². The first kappa shape index (κ1) is 21.3. The largest absolute Gasteiger partial charge is 0.444 e. The Morgan fingerprint density at radius 2 is 1.96 bits per heavy atom. The molecule has 1 rings (SSSR count). The van der Waals surface area contributed by atoms with Crippen molar-refractivity contribution in [2.75, 3.05) is 19.6 Å². The van der Waals surface area contributed by atoms with Crippen LogP contribution >= 0.6 is 0 Å². The van der Waals surface area contributed by atoms with Crippen LogP contribution in [0.2, 0.25) is 0 Å². The first-order valence-electron chi connectivity index (χ1n) is 9.22. The third-order valence-corrected chi connectivity index (χ3v) is 4.08. The van der Waals surface area contributed by atoms with Gasteiger partial charge in [-0.3, -0.25) is 4.79 Å². The van der Waals surface area contributed by atoms with Crippen molar-refractivity contribution >= 4 is 12.0 Å². The molecule has 0 N–H and O–H groups in total. The van der Waals surface area contributed by atoms with Gasteiger partial charge in [-0.1, -0.05) is 18.2 Å². The van der Waals surface area contributed by atoms with Crippen molar-refractivity contribution in [2.24, 2.45) is 5.92 Å². The molecule has 0 saturated carbocycles. The molecular formula is C20H34N2O3. The molecule has 0 aromatic heterocycles. The van der Waals surface area contributed by atoms with Crippen LogP contribution in [-0.2, 0) is 9.53 Å². The van der Waals surface area contributed by atoms with Gasteiger partial charge in [0.2, 0.25) is 5.91 Å². The number of hydrogen-bond donors (Lipinski definition) is 0. The molecule has 0 aromatic rings.